The first-order chi connectivity index (χ1) is 8.45. The molecule has 1 aromatic heterocycles. The van der Waals surface area contributed by atoms with E-state index in [-0.39, 0.29) is 11.2 Å². The Bertz CT molecular complexity index is 397. The Hall–Kier alpha value is -0.930. The van der Waals surface area contributed by atoms with E-state index in [4.69, 9.17) is 4.74 Å². The molecule has 0 aromatic carbocycles. The van der Waals surface area contributed by atoms with Crippen LogP contribution in [0.4, 0.5) is 18.3 Å². The number of hydrogen-bond donors (Lipinski definition) is 1. The lowest BCUT2D eigenvalue weighted by molar-refractivity contribution is -0.144. The molecule has 0 bridgehead atoms. The third-order valence-corrected chi connectivity index (χ3v) is 3.18. The summed E-state index contributed by atoms with van der Waals surface area (Å²) in [7, 11) is 1.97. The van der Waals surface area contributed by atoms with Gasteiger partial charge in [0.15, 0.2) is 0 Å². The van der Waals surface area contributed by atoms with Crippen LogP contribution in [0.2, 0.25) is 0 Å². The maximum atomic E-state index is 12.3. The van der Waals surface area contributed by atoms with E-state index in [1.807, 2.05) is 7.05 Å². The number of anilines is 1. The molecule has 1 aliphatic heterocycles. The second kappa shape index (κ2) is 5.37. The van der Waals surface area contributed by atoms with Gasteiger partial charge in [-0.25, -0.2) is 0 Å². The molecule has 18 heavy (non-hydrogen) atoms. The van der Waals surface area contributed by atoms with E-state index in [0.29, 0.717) is 24.7 Å². The highest BCUT2D eigenvalue weighted by atomic mass is 32.1. The molecule has 2 heterocycles. The summed E-state index contributed by atoms with van der Waals surface area (Å²) in [5.41, 5.74) is 0. The van der Waals surface area contributed by atoms with Crippen LogP contribution >= 0.6 is 11.5 Å². The second-order valence-corrected chi connectivity index (χ2v) is 4.81. The highest BCUT2D eigenvalue weighted by Crippen LogP contribution is 2.28. The van der Waals surface area contributed by atoms with E-state index < -0.39 is 12.0 Å². The van der Waals surface area contributed by atoms with Crippen LogP contribution in [0.25, 0.3) is 0 Å². The van der Waals surface area contributed by atoms with Crippen LogP contribution in [0.3, 0.4) is 0 Å². The zero-order valence-corrected chi connectivity index (χ0v) is 10.5. The topological polar surface area (TPSA) is 50.3 Å². The van der Waals surface area contributed by atoms with E-state index in [9.17, 15) is 13.2 Å². The summed E-state index contributed by atoms with van der Waals surface area (Å²) in [5.74, 6) is -1.10. The van der Waals surface area contributed by atoms with Crippen LogP contribution < -0.4 is 5.32 Å². The van der Waals surface area contributed by atoms with Gasteiger partial charge in [-0.1, -0.05) is 0 Å². The minimum Gasteiger partial charge on any atom is -0.374 e. The molecule has 0 saturated carbocycles. The van der Waals surface area contributed by atoms with Crippen LogP contribution in [-0.2, 0) is 10.9 Å². The molecule has 1 atom stereocenters. The number of likely N-dealkylation sites (N-methyl/N-ethyl adjacent to an activating group) is 1. The van der Waals surface area contributed by atoms with Gasteiger partial charge >= 0.3 is 6.18 Å². The number of ether oxygens (including phenoxy) is 1. The van der Waals surface area contributed by atoms with E-state index in [0.717, 1.165) is 13.1 Å². The van der Waals surface area contributed by atoms with Crippen molar-refractivity contribution < 1.29 is 17.9 Å². The molecule has 0 spiro atoms. The quantitative estimate of drug-likeness (QED) is 0.905. The first-order valence-corrected chi connectivity index (χ1v) is 6.17. The van der Waals surface area contributed by atoms with Crippen molar-refractivity contribution in [3.63, 3.8) is 0 Å². The highest BCUT2D eigenvalue weighted by Gasteiger charge is 2.36. The Labute approximate surface area is 106 Å². The molecular formula is C9H13F3N4OS. The van der Waals surface area contributed by atoms with Crippen LogP contribution in [0.15, 0.2) is 0 Å². The smallest absolute Gasteiger partial charge is 0.374 e. The molecule has 1 unspecified atom stereocenters. The predicted octanol–water partition coefficient (Wildman–Crippen LogP) is 1.30. The minimum atomic E-state index is -4.49. The Morgan fingerprint density at radius 1 is 1.56 bits per heavy atom. The predicted molar refractivity (Wildman–Crippen MR) is 60.6 cm³/mol. The van der Waals surface area contributed by atoms with Gasteiger partial charge in [0.25, 0.3) is 0 Å². The average Bonchev–Trinajstić information content (AvgIpc) is 2.74. The standard InChI is InChI=1S/C9H13F3N4OS/c1-16-2-3-17-6(5-16)4-13-8-14-7(15-18-8)9(10,11)12/h6H,2-5H2,1H3,(H,13,14,15). The van der Waals surface area contributed by atoms with Crippen molar-refractivity contribution in [3.8, 4) is 0 Å². The van der Waals surface area contributed by atoms with Gasteiger partial charge in [-0.2, -0.15) is 22.5 Å². The number of aromatic nitrogens is 2. The first kappa shape index (κ1) is 13.5. The molecule has 9 heteroatoms. The molecule has 102 valence electrons. The van der Waals surface area contributed by atoms with Crippen molar-refractivity contribution in [1.29, 1.82) is 0 Å². The molecule has 1 aliphatic rings. The van der Waals surface area contributed by atoms with Crippen LogP contribution in [0.1, 0.15) is 5.82 Å². The first-order valence-electron chi connectivity index (χ1n) is 5.40. The number of alkyl halides is 3. The van der Waals surface area contributed by atoms with Crippen molar-refractivity contribution in [3.05, 3.63) is 5.82 Å². The van der Waals surface area contributed by atoms with E-state index in [1.54, 1.807) is 0 Å². The fourth-order valence-electron chi connectivity index (χ4n) is 1.60. The Balaban J connectivity index is 1.85. The number of nitrogens with one attached hydrogen (secondary N) is 1. The number of rotatable bonds is 3. The van der Waals surface area contributed by atoms with Crippen LogP contribution in [0.5, 0.6) is 0 Å². The molecule has 1 N–H and O–H groups in total. The molecule has 1 saturated heterocycles. The zero-order chi connectivity index (χ0) is 13.2. The molecule has 0 aliphatic carbocycles. The van der Waals surface area contributed by atoms with E-state index >= 15 is 0 Å². The van der Waals surface area contributed by atoms with Crippen LogP contribution in [0, 0.1) is 0 Å². The third kappa shape index (κ3) is 3.53. The molecule has 1 aromatic rings. The monoisotopic (exact) mass is 282 g/mol. The van der Waals surface area contributed by atoms with Gasteiger partial charge < -0.3 is 15.0 Å². The summed E-state index contributed by atoms with van der Waals surface area (Å²) in [4.78, 5) is 5.50. The van der Waals surface area contributed by atoms with Crippen molar-refractivity contribution in [2.24, 2.45) is 0 Å². The minimum absolute atomic E-state index is 0.0398. The summed E-state index contributed by atoms with van der Waals surface area (Å²) in [6.07, 6.45) is -4.53. The average molecular weight is 282 g/mol. The number of nitrogens with zero attached hydrogens (tertiary/aromatic N) is 3. The molecular weight excluding hydrogens is 269 g/mol. The van der Waals surface area contributed by atoms with Crippen molar-refractivity contribution in [2.75, 3.05) is 38.6 Å². The third-order valence-electron chi connectivity index (χ3n) is 2.50. The van der Waals surface area contributed by atoms with Gasteiger partial charge in [0.2, 0.25) is 11.0 Å². The fourth-order valence-corrected chi connectivity index (χ4v) is 2.19. The zero-order valence-electron chi connectivity index (χ0n) is 9.70. The largest absolute Gasteiger partial charge is 0.452 e. The number of hydrogen-bond acceptors (Lipinski definition) is 6. The molecule has 2 rings (SSSR count). The Morgan fingerprint density at radius 2 is 2.33 bits per heavy atom. The van der Waals surface area contributed by atoms with Gasteiger partial charge in [-0.3, -0.25) is 0 Å². The van der Waals surface area contributed by atoms with Gasteiger partial charge in [0.05, 0.1) is 12.7 Å². The van der Waals surface area contributed by atoms with Crippen molar-refractivity contribution in [1.82, 2.24) is 14.3 Å². The van der Waals surface area contributed by atoms with Crippen molar-refractivity contribution >= 4 is 16.7 Å². The number of morpholine rings is 1. The van der Waals surface area contributed by atoms with Crippen molar-refractivity contribution in [2.45, 2.75) is 12.3 Å². The summed E-state index contributed by atoms with van der Waals surface area (Å²) in [6.45, 7) is 2.68. The van der Waals surface area contributed by atoms with E-state index in [1.165, 1.54) is 0 Å². The van der Waals surface area contributed by atoms with Crippen LogP contribution in [-0.4, -0.2) is 53.7 Å². The Kier molecular flexibility index (Phi) is 4.03. The summed E-state index contributed by atoms with van der Waals surface area (Å²) >= 11 is 0.704. The summed E-state index contributed by atoms with van der Waals surface area (Å²) in [5, 5.41) is 2.99. The normalized spacial score (nSPS) is 22.1. The molecule has 0 radical (unpaired) electrons. The van der Waals surface area contributed by atoms with Gasteiger partial charge in [0, 0.05) is 31.2 Å². The Morgan fingerprint density at radius 3 is 2.94 bits per heavy atom. The SMILES string of the molecule is CN1CCOC(CNc2nc(C(F)(F)F)ns2)C1. The number of halogens is 3. The highest BCUT2D eigenvalue weighted by molar-refractivity contribution is 7.09. The van der Waals surface area contributed by atoms with Gasteiger partial charge in [0.1, 0.15) is 0 Å². The van der Waals surface area contributed by atoms with E-state index in [2.05, 4.69) is 19.6 Å². The fraction of sp³-hybridized carbons (Fsp3) is 0.778. The molecule has 1 fully saturated rings. The molecule has 0 amide bonds. The van der Waals surface area contributed by atoms with Gasteiger partial charge in [-0.15, -0.1) is 0 Å². The molecule has 5 nitrogen and oxygen atoms in total. The lowest BCUT2D eigenvalue weighted by atomic mass is 10.3. The maximum absolute atomic E-state index is 12.3. The second-order valence-electron chi connectivity index (χ2n) is 4.06. The maximum Gasteiger partial charge on any atom is 0.452 e. The van der Waals surface area contributed by atoms with Gasteiger partial charge in [-0.05, 0) is 7.05 Å². The summed E-state index contributed by atoms with van der Waals surface area (Å²) in [6, 6.07) is 0. The lowest BCUT2D eigenvalue weighted by Gasteiger charge is -2.29. The summed E-state index contributed by atoms with van der Waals surface area (Å²) < 4.78 is 45.5. The lowest BCUT2D eigenvalue weighted by Crippen LogP contribution is -2.43.